The maximum atomic E-state index is 12.0. The molecule has 96 valence electrons. The van der Waals surface area contributed by atoms with Crippen molar-refractivity contribution in [3.05, 3.63) is 0 Å². The van der Waals surface area contributed by atoms with Crippen LogP contribution >= 0.6 is 0 Å². The molecule has 2 nitrogen and oxygen atoms in total. The second kappa shape index (κ2) is 6.45. The molecule has 0 aromatic rings. The molecular weight excluding hydrogens is 217 g/mol. The van der Waals surface area contributed by atoms with E-state index in [1.54, 1.807) is 6.92 Å². The zero-order chi connectivity index (χ0) is 12.0. The number of nitrogens with one attached hydrogen (secondary N) is 2. The molecule has 0 amide bonds. The maximum Gasteiger partial charge on any atom is 0.390 e. The fourth-order valence-corrected chi connectivity index (χ4v) is 2.14. The fourth-order valence-electron chi connectivity index (χ4n) is 2.14. The number of halogens is 3. The lowest BCUT2D eigenvalue weighted by molar-refractivity contribution is -0.138. The Labute approximate surface area is 95.0 Å². The molecule has 1 unspecified atom stereocenters. The van der Waals surface area contributed by atoms with Gasteiger partial charge in [0.15, 0.2) is 0 Å². The minimum atomic E-state index is -4.06. The van der Waals surface area contributed by atoms with Gasteiger partial charge in [0, 0.05) is 25.2 Å². The average molecular weight is 238 g/mol. The highest BCUT2D eigenvalue weighted by Gasteiger charge is 2.29. The van der Waals surface area contributed by atoms with Crippen LogP contribution in [0.5, 0.6) is 0 Å². The van der Waals surface area contributed by atoms with E-state index < -0.39 is 18.6 Å². The fraction of sp³-hybridized carbons (Fsp3) is 1.00. The quantitative estimate of drug-likeness (QED) is 0.695. The van der Waals surface area contributed by atoms with Crippen LogP contribution < -0.4 is 10.6 Å². The van der Waals surface area contributed by atoms with Gasteiger partial charge in [-0.2, -0.15) is 13.2 Å². The number of hydrogen-bond acceptors (Lipinski definition) is 2. The molecule has 16 heavy (non-hydrogen) atoms. The molecule has 1 rings (SSSR count). The second-order valence-corrected chi connectivity index (χ2v) is 4.61. The third-order valence-corrected chi connectivity index (χ3v) is 2.94. The monoisotopic (exact) mass is 238 g/mol. The second-order valence-electron chi connectivity index (χ2n) is 4.61. The van der Waals surface area contributed by atoms with Crippen LogP contribution in [0.2, 0.25) is 0 Å². The molecule has 1 aliphatic rings. The van der Waals surface area contributed by atoms with Crippen LogP contribution in [0.1, 0.15) is 39.0 Å². The van der Waals surface area contributed by atoms with E-state index in [-0.39, 0.29) is 0 Å². The molecule has 0 saturated heterocycles. The van der Waals surface area contributed by atoms with Crippen molar-refractivity contribution in [2.75, 3.05) is 13.1 Å². The molecular formula is C11H21F3N2. The van der Waals surface area contributed by atoms with Crippen LogP contribution in [-0.2, 0) is 0 Å². The maximum absolute atomic E-state index is 12.0. The summed E-state index contributed by atoms with van der Waals surface area (Å²) in [7, 11) is 0. The predicted molar refractivity (Wildman–Crippen MR) is 58.4 cm³/mol. The van der Waals surface area contributed by atoms with Gasteiger partial charge in [0.05, 0.1) is 6.42 Å². The Morgan fingerprint density at radius 2 is 1.81 bits per heavy atom. The largest absolute Gasteiger partial charge is 0.390 e. The summed E-state index contributed by atoms with van der Waals surface area (Å²) in [6.45, 7) is 2.93. The Balaban J connectivity index is 1.97. The van der Waals surface area contributed by atoms with Crippen LogP contribution in [0.15, 0.2) is 0 Å². The van der Waals surface area contributed by atoms with E-state index in [4.69, 9.17) is 0 Å². The summed E-state index contributed by atoms with van der Waals surface area (Å²) in [4.78, 5) is 0. The lowest BCUT2D eigenvalue weighted by atomic mass is 10.2. The molecule has 0 spiro atoms. The van der Waals surface area contributed by atoms with Gasteiger partial charge in [-0.3, -0.25) is 0 Å². The number of hydrogen-bond donors (Lipinski definition) is 2. The third kappa shape index (κ3) is 6.33. The summed E-state index contributed by atoms with van der Waals surface area (Å²) in [6, 6.07) is 0.0881. The molecule has 1 aliphatic carbocycles. The van der Waals surface area contributed by atoms with Gasteiger partial charge in [0.25, 0.3) is 0 Å². The molecule has 0 bridgehead atoms. The van der Waals surface area contributed by atoms with Crippen LogP contribution in [0, 0.1) is 0 Å². The van der Waals surface area contributed by atoms with E-state index in [1.165, 1.54) is 25.7 Å². The first-order valence-electron chi connectivity index (χ1n) is 6.01. The van der Waals surface area contributed by atoms with Gasteiger partial charge in [0.1, 0.15) is 0 Å². The van der Waals surface area contributed by atoms with E-state index in [9.17, 15) is 13.2 Å². The summed E-state index contributed by atoms with van der Waals surface area (Å²) in [5, 5.41) is 6.24. The first-order valence-corrected chi connectivity index (χ1v) is 6.01. The van der Waals surface area contributed by atoms with Crippen molar-refractivity contribution in [1.29, 1.82) is 0 Å². The Bertz CT molecular complexity index is 188. The summed E-state index contributed by atoms with van der Waals surface area (Å²) in [6.07, 6.45) is 0.142. The molecule has 1 atom stereocenters. The van der Waals surface area contributed by atoms with E-state index in [1.807, 2.05) is 0 Å². The van der Waals surface area contributed by atoms with Gasteiger partial charge in [0.2, 0.25) is 0 Å². The summed E-state index contributed by atoms with van der Waals surface area (Å²) < 4.78 is 36.0. The molecule has 0 aromatic heterocycles. The highest BCUT2D eigenvalue weighted by Crippen LogP contribution is 2.21. The minimum Gasteiger partial charge on any atom is -0.313 e. The minimum absolute atomic E-state index is 0.495. The normalized spacial score (nSPS) is 20.2. The lowest BCUT2D eigenvalue weighted by Gasteiger charge is -2.17. The van der Waals surface area contributed by atoms with Crippen molar-refractivity contribution in [2.24, 2.45) is 0 Å². The van der Waals surface area contributed by atoms with Gasteiger partial charge in [-0.05, 0) is 19.8 Å². The first kappa shape index (κ1) is 13.8. The first-order chi connectivity index (χ1) is 7.47. The van der Waals surface area contributed by atoms with Crippen molar-refractivity contribution in [3.63, 3.8) is 0 Å². The Hall–Kier alpha value is -0.290. The summed E-state index contributed by atoms with van der Waals surface area (Å²) in [5.41, 5.74) is 0. The highest BCUT2D eigenvalue weighted by molar-refractivity contribution is 4.74. The van der Waals surface area contributed by atoms with E-state index in [2.05, 4.69) is 10.6 Å². The molecule has 5 heteroatoms. The van der Waals surface area contributed by atoms with Crippen molar-refractivity contribution >= 4 is 0 Å². The Kier molecular flexibility index (Phi) is 5.55. The molecule has 0 heterocycles. The molecule has 0 aliphatic heterocycles. The Morgan fingerprint density at radius 3 is 2.38 bits per heavy atom. The predicted octanol–water partition coefficient (Wildman–Crippen LogP) is 2.45. The average Bonchev–Trinajstić information content (AvgIpc) is 2.62. The van der Waals surface area contributed by atoms with Gasteiger partial charge in [-0.1, -0.05) is 12.8 Å². The van der Waals surface area contributed by atoms with Crippen molar-refractivity contribution < 1.29 is 13.2 Å². The van der Waals surface area contributed by atoms with E-state index >= 15 is 0 Å². The van der Waals surface area contributed by atoms with Crippen LogP contribution in [0.25, 0.3) is 0 Å². The lowest BCUT2D eigenvalue weighted by Crippen LogP contribution is -2.38. The molecule has 0 radical (unpaired) electrons. The summed E-state index contributed by atoms with van der Waals surface area (Å²) >= 11 is 0. The molecule has 2 N–H and O–H groups in total. The Morgan fingerprint density at radius 1 is 1.19 bits per heavy atom. The molecule has 1 fully saturated rings. The van der Waals surface area contributed by atoms with Gasteiger partial charge >= 0.3 is 6.18 Å². The van der Waals surface area contributed by atoms with Crippen molar-refractivity contribution in [2.45, 2.75) is 57.3 Å². The van der Waals surface area contributed by atoms with Gasteiger partial charge in [-0.15, -0.1) is 0 Å². The van der Waals surface area contributed by atoms with Crippen molar-refractivity contribution in [1.82, 2.24) is 10.6 Å². The smallest absolute Gasteiger partial charge is 0.313 e. The SMILES string of the molecule is CC(CC(F)(F)F)NCCNC1CCCC1. The zero-order valence-electron chi connectivity index (χ0n) is 9.74. The van der Waals surface area contributed by atoms with E-state index in [0.717, 1.165) is 6.54 Å². The van der Waals surface area contributed by atoms with E-state index in [0.29, 0.717) is 12.6 Å². The standard InChI is InChI=1S/C11H21F3N2/c1-9(8-11(12,13)14)15-6-7-16-10-4-2-3-5-10/h9-10,15-16H,2-8H2,1H3. The van der Waals surface area contributed by atoms with Gasteiger partial charge in [-0.25, -0.2) is 0 Å². The molecule has 1 saturated carbocycles. The topological polar surface area (TPSA) is 24.1 Å². The third-order valence-electron chi connectivity index (χ3n) is 2.94. The highest BCUT2D eigenvalue weighted by atomic mass is 19.4. The molecule has 0 aromatic carbocycles. The van der Waals surface area contributed by atoms with Crippen LogP contribution in [-0.4, -0.2) is 31.3 Å². The number of rotatable bonds is 6. The van der Waals surface area contributed by atoms with Crippen LogP contribution in [0.4, 0.5) is 13.2 Å². The number of alkyl halides is 3. The van der Waals surface area contributed by atoms with Gasteiger partial charge < -0.3 is 10.6 Å². The zero-order valence-corrected chi connectivity index (χ0v) is 9.74. The van der Waals surface area contributed by atoms with Crippen molar-refractivity contribution in [3.8, 4) is 0 Å². The summed E-state index contributed by atoms with van der Waals surface area (Å²) in [5.74, 6) is 0. The van der Waals surface area contributed by atoms with Crippen LogP contribution in [0.3, 0.4) is 0 Å².